The zero-order chi connectivity index (χ0) is 14.8. The molecule has 0 atom stereocenters. The molecule has 0 radical (unpaired) electrons. The van der Waals surface area contributed by atoms with E-state index in [2.05, 4.69) is 5.32 Å². The van der Waals surface area contributed by atoms with Crippen molar-refractivity contribution in [2.75, 3.05) is 13.1 Å². The standard InChI is InChI=1S/C14H19N3O3/c1-14(2)13(20)15-7-10-17(14)12(19)6-9-16-8-4-3-5-11(16)18/h3-5,8H,6-7,9-10H2,1-2H3,(H,15,20). The van der Waals surface area contributed by atoms with E-state index >= 15 is 0 Å². The van der Waals surface area contributed by atoms with Gasteiger partial charge in [-0.2, -0.15) is 0 Å². The lowest BCUT2D eigenvalue weighted by molar-refractivity contribution is -0.149. The lowest BCUT2D eigenvalue weighted by Gasteiger charge is -2.41. The molecule has 1 saturated heterocycles. The second-order valence-corrected chi connectivity index (χ2v) is 5.34. The summed E-state index contributed by atoms with van der Waals surface area (Å²) in [6.07, 6.45) is 1.87. The average molecular weight is 277 g/mol. The van der Waals surface area contributed by atoms with Crippen molar-refractivity contribution in [3.63, 3.8) is 0 Å². The Bertz CT molecular complexity index is 577. The number of aromatic nitrogens is 1. The monoisotopic (exact) mass is 277 g/mol. The third-order valence-corrected chi connectivity index (χ3v) is 3.62. The summed E-state index contributed by atoms with van der Waals surface area (Å²) in [5, 5.41) is 2.75. The fourth-order valence-electron chi connectivity index (χ4n) is 2.33. The largest absolute Gasteiger partial charge is 0.352 e. The molecule has 1 N–H and O–H groups in total. The molecule has 0 unspecified atom stereocenters. The smallest absolute Gasteiger partial charge is 0.250 e. The lowest BCUT2D eigenvalue weighted by atomic mass is 9.98. The number of hydrogen-bond acceptors (Lipinski definition) is 3. The van der Waals surface area contributed by atoms with Crippen LogP contribution in [-0.4, -0.2) is 39.9 Å². The number of nitrogens with one attached hydrogen (secondary N) is 1. The summed E-state index contributed by atoms with van der Waals surface area (Å²) in [7, 11) is 0. The molecule has 1 aromatic heterocycles. The number of nitrogens with zero attached hydrogens (tertiary/aromatic N) is 2. The molecular weight excluding hydrogens is 258 g/mol. The molecule has 0 saturated carbocycles. The number of hydrogen-bond donors (Lipinski definition) is 1. The van der Waals surface area contributed by atoms with Crippen LogP contribution in [0.1, 0.15) is 20.3 Å². The predicted octanol–water partition coefficient (Wildman–Crippen LogP) is -0.0246. The number of piperazine rings is 1. The van der Waals surface area contributed by atoms with E-state index in [-0.39, 0.29) is 23.8 Å². The number of carbonyl (C=O) groups excluding carboxylic acids is 2. The Morgan fingerprint density at radius 3 is 2.80 bits per heavy atom. The van der Waals surface area contributed by atoms with Crippen molar-refractivity contribution in [1.29, 1.82) is 0 Å². The van der Waals surface area contributed by atoms with E-state index in [0.717, 1.165) is 0 Å². The molecule has 108 valence electrons. The van der Waals surface area contributed by atoms with E-state index in [0.29, 0.717) is 19.6 Å². The van der Waals surface area contributed by atoms with E-state index in [1.165, 1.54) is 10.6 Å². The van der Waals surface area contributed by atoms with Crippen LogP contribution in [0, 0.1) is 0 Å². The van der Waals surface area contributed by atoms with Gasteiger partial charge in [-0.15, -0.1) is 0 Å². The van der Waals surface area contributed by atoms with Gasteiger partial charge in [0.2, 0.25) is 11.8 Å². The maximum atomic E-state index is 12.3. The zero-order valence-corrected chi connectivity index (χ0v) is 11.8. The Hall–Kier alpha value is -2.11. The van der Waals surface area contributed by atoms with E-state index in [1.54, 1.807) is 37.1 Å². The molecule has 6 nitrogen and oxygen atoms in total. The lowest BCUT2D eigenvalue weighted by Crippen LogP contribution is -2.63. The van der Waals surface area contributed by atoms with Crippen LogP contribution in [0.25, 0.3) is 0 Å². The van der Waals surface area contributed by atoms with Crippen LogP contribution < -0.4 is 10.9 Å². The zero-order valence-electron chi connectivity index (χ0n) is 11.8. The fourth-order valence-corrected chi connectivity index (χ4v) is 2.33. The van der Waals surface area contributed by atoms with E-state index in [1.807, 2.05) is 0 Å². The van der Waals surface area contributed by atoms with Crippen molar-refractivity contribution < 1.29 is 9.59 Å². The molecule has 0 aliphatic carbocycles. The number of pyridine rings is 1. The molecule has 0 spiro atoms. The summed E-state index contributed by atoms with van der Waals surface area (Å²) in [6.45, 7) is 4.76. The van der Waals surface area contributed by atoms with Crippen LogP contribution in [0.15, 0.2) is 29.2 Å². The summed E-state index contributed by atoms with van der Waals surface area (Å²) in [6, 6.07) is 4.88. The van der Waals surface area contributed by atoms with Crippen LogP contribution >= 0.6 is 0 Å². The van der Waals surface area contributed by atoms with E-state index < -0.39 is 5.54 Å². The fraction of sp³-hybridized carbons (Fsp3) is 0.500. The first-order valence-corrected chi connectivity index (χ1v) is 6.67. The van der Waals surface area contributed by atoms with Gasteiger partial charge >= 0.3 is 0 Å². The minimum Gasteiger partial charge on any atom is -0.352 e. The highest BCUT2D eigenvalue weighted by atomic mass is 16.2. The van der Waals surface area contributed by atoms with Gasteiger partial charge < -0.3 is 14.8 Å². The minimum atomic E-state index is -0.836. The van der Waals surface area contributed by atoms with Gasteiger partial charge in [-0.25, -0.2) is 0 Å². The number of amides is 2. The van der Waals surface area contributed by atoms with Gasteiger partial charge in [0, 0.05) is 38.3 Å². The van der Waals surface area contributed by atoms with Crippen molar-refractivity contribution in [2.45, 2.75) is 32.4 Å². The van der Waals surface area contributed by atoms with Gasteiger partial charge in [0.25, 0.3) is 5.56 Å². The normalized spacial score (nSPS) is 17.7. The van der Waals surface area contributed by atoms with Crippen molar-refractivity contribution >= 4 is 11.8 Å². The molecule has 0 aromatic carbocycles. The Morgan fingerprint density at radius 2 is 2.10 bits per heavy atom. The molecule has 20 heavy (non-hydrogen) atoms. The van der Waals surface area contributed by atoms with Gasteiger partial charge in [0.05, 0.1) is 0 Å². The quantitative estimate of drug-likeness (QED) is 0.843. The van der Waals surface area contributed by atoms with Gasteiger partial charge in [-0.1, -0.05) is 6.07 Å². The predicted molar refractivity (Wildman–Crippen MR) is 74.1 cm³/mol. The Morgan fingerprint density at radius 1 is 1.35 bits per heavy atom. The molecule has 2 heterocycles. The minimum absolute atomic E-state index is 0.111. The summed E-state index contributed by atoms with van der Waals surface area (Å²) >= 11 is 0. The highest BCUT2D eigenvalue weighted by molar-refractivity contribution is 5.91. The highest BCUT2D eigenvalue weighted by Gasteiger charge is 2.39. The molecule has 1 aromatic rings. The summed E-state index contributed by atoms with van der Waals surface area (Å²) in [5.74, 6) is -0.255. The molecule has 2 rings (SSSR count). The van der Waals surface area contributed by atoms with Gasteiger partial charge in [0.15, 0.2) is 0 Å². The molecule has 6 heteroatoms. The van der Waals surface area contributed by atoms with Crippen molar-refractivity contribution in [3.8, 4) is 0 Å². The molecule has 1 aliphatic rings. The Labute approximate surface area is 117 Å². The highest BCUT2D eigenvalue weighted by Crippen LogP contribution is 2.18. The summed E-state index contributed by atoms with van der Waals surface area (Å²) in [5.41, 5.74) is -0.965. The average Bonchev–Trinajstić information content (AvgIpc) is 2.40. The summed E-state index contributed by atoms with van der Waals surface area (Å²) in [4.78, 5) is 37.2. The van der Waals surface area contributed by atoms with Crippen molar-refractivity contribution in [3.05, 3.63) is 34.7 Å². The third kappa shape index (κ3) is 2.74. The van der Waals surface area contributed by atoms with Gasteiger partial charge in [0.1, 0.15) is 5.54 Å². The molecule has 1 aliphatic heterocycles. The van der Waals surface area contributed by atoms with Crippen LogP contribution in [0.3, 0.4) is 0 Å². The SMILES string of the molecule is CC1(C)C(=O)NCCN1C(=O)CCn1ccccc1=O. The van der Waals surface area contributed by atoms with Gasteiger partial charge in [-0.3, -0.25) is 14.4 Å². The van der Waals surface area contributed by atoms with E-state index in [4.69, 9.17) is 0 Å². The van der Waals surface area contributed by atoms with Crippen LogP contribution in [0.5, 0.6) is 0 Å². The Balaban J connectivity index is 2.03. The number of carbonyl (C=O) groups is 2. The van der Waals surface area contributed by atoms with Crippen LogP contribution in [-0.2, 0) is 16.1 Å². The summed E-state index contributed by atoms with van der Waals surface area (Å²) < 4.78 is 1.49. The molecular formula is C14H19N3O3. The molecule has 1 fully saturated rings. The van der Waals surface area contributed by atoms with E-state index in [9.17, 15) is 14.4 Å². The first-order valence-electron chi connectivity index (χ1n) is 6.67. The number of aryl methyl sites for hydroxylation is 1. The second-order valence-electron chi connectivity index (χ2n) is 5.34. The van der Waals surface area contributed by atoms with Crippen LogP contribution in [0.2, 0.25) is 0 Å². The first kappa shape index (κ1) is 14.3. The first-order chi connectivity index (χ1) is 9.43. The third-order valence-electron chi connectivity index (χ3n) is 3.62. The van der Waals surface area contributed by atoms with Crippen molar-refractivity contribution in [2.24, 2.45) is 0 Å². The maximum Gasteiger partial charge on any atom is 0.250 e. The van der Waals surface area contributed by atoms with Gasteiger partial charge in [-0.05, 0) is 19.9 Å². The Kier molecular flexibility index (Phi) is 3.92. The molecule has 0 bridgehead atoms. The second kappa shape index (κ2) is 5.48. The maximum absolute atomic E-state index is 12.3. The number of rotatable bonds is 3. The topological polar surface area (TPSA) is 71.4 Å². The molecule has 2 amide bonds. The van der Waals surface area contributed by atoms with Crippen LogP contribution in [0.4, 0.5) is 0 Å². The van der Waals surface area contributed by atoms with Crippen molar-refractivity contribution in [1.82, 2.24) is 14.8 Å².